The first-order valence-electron chi connectivity index (χ1n) is 5.63. The van der Waals surface area contributed by atoms with Crippen LogP contribution in [0.5, 0.6) is 0 Å². The first-order valence-corrected chi connectivity index (χ1v) is 7.04. The van der Waals surface area contributed by atoms with Crippen molar-refractivity contribution >= 4 is 10.1 Å². The van der Waals surface area contributed by atoms with Crippen molar-refractivity contribution in [1.82, 2.24) is 0 Å². The fourth-order valence-electron chi connectivity index (χ4n) is 1.12. The predicted octanol–water partition coefficient (Wildman–Crippen LogP) is 4.59. The third-order valence-electron chi connectivity index (χ3n) is 2.68. The molecule has 0 saturated carbocycles. The summed E-state index contributed by atoms with van der Waals surface area (Å²) in [5.74, 6) is -39.6. The predicted molar refractivity (Wildman–Crippen MR) is 51.7 cm³/mol. The Hall–Kier alpha value is -1.21. The number of halogens is 16. The fourth-order valence-corrected chi connectivity index (χ4v) is 1.57. The normalized spacial score (nSPS) is 17.2. The maximum Gasteiger partial charge on any atom is 0.523 e. The molecule has 0 fully saturated rings. The van der Waals surface area contributed by atoms with Crippen LogP contribution in [0.25, 0.3) is 0 Å². The van der Waals surface area contributed by atoms with E-state index in [4.69, 9.17) is 0 Å². The van der Waals surface area contributed by atoms with Gasteiger partial charge in [0, 0.05) is 0 Å². The van der Waals surface area contributed by atoms with E-state index in [2.05, 4.69) is 0 Å². The largest absolute Gasteiger partial charge is 0.523 e. The molecule has 0 heterocycles. The van der Waals surface area contributed by atoms with Crippen LogP contribution in [0.4, 0.5) is 70.2 Å². The van der Waals surface area contributed by atoms with E-state index >= 15 is 0 Å². The highest BCUT2D eigenvalue weighted by Gasteiger charge is 2.89. The maximum absolute atomic E-state index is 13.0. The molecule has 0 saturated heterocycles. The lowest BCUT2D eigenvalue weighted by Gasteiger charge is -2.39. The zero-order chi connectivity index (χ0) is 23.4. The van der Waals surface area contributed by atoms with Gasteiger partial charge in [-0.2, -0.15) is 65.5 Å². The van der Waals surface area contributed by atoms with Crippen LogP contribution in [-0.2, 0) is 14.3 Å². The van der Waals surface area contributed by atoms with E-state index in [1.807, 2.05) is 4.18 Å². The quantitative estimate of drug-likeness (QED) is 0.289. The second kappa shape index (κ2) is 6.94. The molecular formula is C8H2F16O3S. The van der Waals surface area contributed by atoms with Crippen LogP contribution in [0, 0.1) is 0 Å². The minimum Gasteiger partial charge on any atom is -0.219 e. The molecule has 3 nitrogen and oxygen atoms in total. The molecule has 0 aliphatic carbocycles. The number of hydrogen-bond donors (Lipinski definition) is 0. The molecule has 20 heteroatoms. The lowest BCUT2D eigenvalue weighted by Crippen LogP contribution is -2.70. The van der Waals surface area contributed by atoms with E-state index in [0.29, 0.717) is 0 Å². The van der Waals surface area contributed by atoms with Crippen LogP contribution in [-0.4, -0.2) is 56.3 Å². The SMILES string of the molecule is O=S(=O)(OC(F)C(F)(F)C(F)(F)C(F)(F)C(F)(F)C(F)(F)C(F)F)C(F)(F)F. The molecular weight excluding hydrogens is 480 g/mol. The lowest BCUT2D eigenvalue weighted by molar-refractivity contribution is -0.424. The average molecular weight is 482 g/mol. The van der Waals surface area contributed by atoms with Gasteiger partial charge in [-0.1, -0.05) is 0 Å². The number of alkyl halides is 16. The third-order valence-corrected chi connectivity index (χ3v) is 3.67. The zero-order valence-electron chi connectivity index (χ0n) is 11.8. The van der Waals surface area contributed by atoms with Crippen LogP contribution >= 0.6 is 0 Å². The second-order valence-corrected chi connectivity index (χ2v) is 6.15. The summed E-state index contributed by atoms with van der Waals surface area (Å²) in [6.45, 7) is 0. The van der Waals surface area contributed by atoms with Gasteiger partial charge >= 0.3 is 51.7 Å². The first-order chi connectivity index (χ1) is 11.8. The standard InChI is InChI=1S/C8H2F16O3S/c9-1(10)3(12,13)5(16,17)7(20,21)6(18,19)4(14,15)2(11)27-28(25,26)8(22,23)24/h1-2H. The van der Waals surface area contributed by atoms with Gasteiger partial charge in [-0.3, -0.25) is 0 Å². The van der Waals surface area contributed by atoms with E-state index < -0.39 is 58.0 Å². The van der Waals surface area contributed by atoms with Gasteiger partial charge in [-0.25, -0.2) is 17.4 Å². The highest BCUT2D eigenvalue weighted by molar-refractivity contribution is 7.87. The molecule has 1 atom stereocenters. The topological polar surface area (TPSA) is 43.4 Å². The van der Waals surface area contributed by atoms with Gasteiger partial charge in [0.15, 0.2) is 0 Å². The first kappa shape index (κ1) is 26.8. The Morgan fingerprint density at radius 2 is 0.893 bits per heavy atom. The maximum atomic E-state index is 13.0. The van der Waals surface area contributed by atoms with Crippen molar-refractivity contribution < 1.29 is 82.8 Å². The van der Waals surface area contributed by atoms with Gasteiger partial charge in [-0.15, -0.1) is 0 Å². The van der Waals surface area contributed by atoms with E-state index in [-0.39, 0.29) is 0 Å². The molecule has 0 bridgehead atoms. The molecule has 0 aliphatic heterocycles. The van der Waals surface area contributed by atoms with Gasteiger partial charge in [-0.05, 0) is 0 Å². The van der Waals surface area contributed by atoms with Crippen LogP contribution in [0.2, 0.25) is 0 Å². The Morgan fingerprint density at radius 3 is 1.18 bits per heavy atom. The van der Waals surface area contributed by atoms with Gasteiger partial charge in [0.25, 0.3) is 6.36 Å². The summed E-state index contributed by atoms with van der Waals surface area (Å²) in [5, 5.41) is 0. The van der Waals surface area contributed by atoms with E-state index in [1.165, 1.54) is 0 Å². The van der Waals surface area contributed by atoms with Crippen molar-refractivity contribution in [1.29, 1.82) is 0 Å². The molecule has 0 rings (SSSR count). The summed E-state index contributed by atoms with van der Waals surface area (Å²) in [4.78, 5) is 0. The molecule has 1 unspecified atom stereocenters. The Balaban J connectivity index is 6.27. The summed E-state index contributed by atoms with van der Waals surface area (Å²) < 4.78 is 222. The Bertz CT molecular complexity index is 664. The number of hydrogen-bond acceptors (Lipinski definition) is 3. The lowest BCUT2D eigenvalue weighted by atomic mass is 9.94. The fraction of sp³-hybridized carbons (Fsp3) is 1.00. The summed E-state index contributed by atoms with van der Waals surface area (Å²) in [5.41, 5.74) is -6.81. The molecule has 0 aromatic carbocycles. The monoisotopic (exact) mass is 482 g/mol. The highest BCUT2D eigenvalue weighted by atomic mass is 32.2. The molecule has 0 aromatic rings. The van der Waals surface area contributed by atoms with E-state index in [9.17, 15) is 78.7 Å². The molecule has 0 aliphatic rings. The highest BCUT2D eigenvalue weighted by Crippen LogP contribution is 2.59. The minimum atomic E-state index is -8.26. The van der Waals surface area contributed by atoms with Crippen molar-refractivity contribution in [2.45, 2.75) is 47.9 Å². The van der Waals surface area contributed by atoms with Crippen molar-refractivity contribution in [3.63, 3.8) is 0 Å². The summed E-state index contributed by atoms with van der Waals surface area (Å²) in [6.07, 6.45) is -11.9. The molecule has 0 radical (unpaired) electrons. The summed E-state index contributed by atoms with van der Waals surface area (Å²) >= 11 is 0. The zero-order valence-corrected chi connectivity index (χ0v) is 12.7. The Kier molecular flexibility index (Phi) is 6.64. The van der Waals surface area contributed by atoms with Crippen molar-refractivity contribution in [3.05, 3.63) is 0 Å². The molecule has 0 aromatic heterocycles. The van der Waals surface area contributed by atoms with Crippen LogP contribution in [0.1, 0.15) is 0 Å². The van der Waals surface area contributed by atoms with Gasteiger partial charge in [0.05, 0.1) is 0 Å². The van der Waals surface area contributed by atoms with Crippen LogP contribution in [0.15, 0.2) is 0 Å². The van der Waals surface area contributed by atoms with E-state index in [0.717, 1.165) is 0 Å². The Labute approximate surface area is 142 Å². The van der Waals surface area contributed by atoms with Crippen LogP contribution < -0.4 is 0 Å². The summed E-state index contributed by atoms with van der Waals surface area (Å²) in [7, 11) is -7.55. The molecule has 0 N–H and O–H groups in total. The average Bonchev–Trinajstić information content (AvgIpc) is 2.44. The Morgan fingerprint density at radius 1 is 0.571 bits per heavy atom. The van der Waals surface area contributed by atoms with Gasteiger partial charge in [0.2, 0.25) is 0 Å². The molecule has 0 amide bonds. The third kappa shape index (κ3) is 3.80. The second-order valence-electron chi connectivity index (χ2n) is 4.58. The van der Waals surface area contributed by atoms with Crippen molar-refractivity contribution in [2.75, 3.05) is 0 Å². The van der Waals surface area contributed by atoms with Crippen molar-refractivity contribution in [3.8, 4) is 0 Å². The van der Waals surface area contributed by atoms with Gasteiger partial charge in [0.1, 0.15) is 0 Å². The summed E-state index contributed by atoms with van der Waals surface area (Å²) in [6, 6.07) is 0. The van der Waals surface area contributed by atoms with Crippen LogP contribution in [0.3, 0.4) is 0 Å². The molecule has 28 heavy (non-hydrogen) atoms. The van der Waals surface area contributed by atoms with E-state index in [1.54, 1.807) is 0 Å². The smallest absolute Gasteiger partial charge is 0.219 e. The van der Waals surface area contributed by atoms with Gasteiger partial charge < -0.3 is 0 Å². The number of rotatable bonds is 8. The van der Waals surface area contributed by atoms with Crippen molar-refractivity contribution in [2.24, 2.45) is 0 Å². The molecule has 0 spiro atoms. The minimum absolute atomic E-state index is 1.83. The molecule has 170 valence electrons.